The Labute approximate surface area is 87.5 Å². The zero-order valence-electron chi connectivity index (χ0n) is 8.25. The van der Waals surface area contributed by atoms with Crippen molar-refractivity contribution < 1.29 is 9.47 Å². The Balaban J connectivity index is 2.24. The molecule has 0 saturated carbocycles. The van der Waals surface area contributed by atoms with Gasteiger partial charge in [0.1, 0.15) is 12.1 Å². The van der Waals surface area contributed by atoms with Gasteiger partial charge in [0.05, 0.1) is 13.3 Å². The van der Waals surface area contributed by atoms with Gasteiger partial charge in [-0.1, -0.05) is 18.2 Å². The zero-order valence-corrected chi connectivity index (χ0v) is 8.25. The summed E-state index contributed by atoms with van der Waals surface area (Å²) in [6, 6.07) is 9.42. The summed E-state index contributed by atoms with van der Waals surface area (Å²) in [6.45, 7) is 0. The van der Waals surface area contributed by atoms with Crippen molar-refractivity contribution in [2.24, 2.45) is 0 Å². The molecule has 1 aromatic heterocycles. The Morgan fingerprint density at radius 3 is 2.67 bits per heavy atom. The van der Waals surface area contributed by atoms with Gasteiger partial charge in [-0.05, 0) is 12.1 Å². The lowest BCUT2D eigenvalue weighted by Crippen LogP contribution is -1.93. The number of ether oxygens (including phenoxy) is 2. The van der Waals surface area contributed by atoms with E-state index >= 15 is 0 Å². The Morgan fingerprint density at radius 2 is 1.93 bits per heavy atom. The molecule has 15 heavy (non-hydrogen) atoms. The van der Waals surface area contributed by atoms with Gasteiger partial charge in [-0.3, -0.25) is 0 Å². The smallest absolute Gasteiger partial charge is 0.260 e. The lowest BCUT2D eigenvalue weighted by molar-refractivity contribution is 0.361. The van der Waals surface area contributed by atoms with Crippen molar-refractivity contribution in [3.8, 4) is 17.4 Å². The van der Waals surface area contributed by atoms with Crippen molar-refractivity contribution in [1.29, 1.82) is 0 Å². The molecule has 0 atom stereocenters. The van der Waals surface area contributed by atoms with Crippen molar-refractivity contribution >= 4 is 0 Å². The zero-order chi connectivity index (χ0) is 10.5. The highest BCUT2D eigenvalue weighted by Gasteiger charge is 2.05. The molecule has 0 aliphatic rings. The fraction of sp³-hybridized carbons (Fsp3) is 0.0909. The van der Waals surface area contributed by atoms with Gasteiger partial charge in [0.2, 0.25) is 5.75 Å². The van der Waals surface area contributed by atoms with Gasteiger partial charge in [-0.15, -0.1) is 0 Å². The summed E-state index contributed by atoms with van der Waals surface area (Å²) in [6.07, 6.45) is 2.98. The lowest BCUT2D eigenvalue weighted by Gasteiger charge is -2.07. The number of nitrogens with zero attached hydrogens (tertiary/aromatic N) is 2. The molecule has 0 N–H and O–H groups in total. The van der Waals surface area contributed by atoms with Gasteiger partial charge < -0.3 is 9.47 Å². The predicted molar refractivity (Wildman–Crippen MR) is 55.1 cm³/mol. The topological polar surface area (TPSA) is 44.2 Å². The second-order valence-corrected chi connectivity index (χ2v) is 2.81. The molecule has 0 aliphatic carbocycles. The highest BCUT2D eigenvalue weighted by molar-refractivity contribution is 5.35. The number of benzene rings is 1. The third-order valence-corrected chi connectivity index (χ3v) is 1.81. The minimum atomic E-state index is 0.425. The van der Waals surface area contributed by atoms with Crippen LogP contribution >= 0.6 is 0 Å². The van der Waals surface area contributed by atoms with E-state index in [4.69, 9.17) is 9.47 Å². The Morgan fingerprint density at radius 1 is 1.13 bits per heavy atom. The number of hydrogen-bond donors (Lipinski definition) is 0. The molecule has 1 heterocycles. The molecule has 2 rings (SSSR count). The maximum Gasteiger partial charge on any atom is 0.260 e. The summed E-state index contributed by atoms with van der Waals surface area (Å²) in [5.74, 6) is 1.66. The number of para-hydroxylation sites is 1. The van der Waals surface area contributed by atoms with Crippen LogP contribution in [0, 0.1) is 0 Å². The third kappa shape index (κ3) is 2.22. The molecule has 0 radical (unpaired) electrons. The van der Waals surface area contributed by atoms with E-state index in [1.54, 1.807) is 13.3 Å². The quantitative estimate of drug-likeness (QED) is 0.765. The Hall–Kier alpha value is -2.10. The molecule has 0 spiro atoms. The normalized spacial score (nSPS) is 9.67. The molecule has 4 nitrogen and oxygen atoms in total. The van der Waals surface area contributed by atoms with E-state index in [1.165, 1.54) is 6.33 Å². The highest BCUT2D eigenvalue weighted by Crippen LogP contribution is 2.27. The monoisotopic (exact) mass is 202 g/mol. The van der Waals surface area contributed by atoms with Crippen LogP contribution in [0.25, 0.3) is 0 Å². The van der Waals surface area contributed by atoms with Crippen LogP contribution in [0.2, 0.25) is 0 Å². The van der Waals surface area contributed by atoms with Gasteiger partial charge in [0.15, 0.2) is 0 Å². The highest BCUT2D eigenvalue weighted by atomic mass is 16.5. The second-order valence-electron chi connectivity index (χ2n) is 2.81. The van der Waals surface area contributed by atoms with Crippen LogP contribution in [0.3, 0.4) is 0 Å². The van der Waals surface area contributed by atoms with Crippen LogP contribution in [-0.2, 0) is 0 Å². The molecule has 1 aromatic carbocycles. The summed E-state index contributed by atoms with van der Waals surface area (Å²) in [4.78, 5) is 7.81. The van der Waals surface area contributed by atoms with E-state index in [-0.39, 0.29) is 0 Å². The van der Waals surface area contributed by atoms with Gasteiger partial charge in [0, 0.05) is 0 Å². The van der Waals surface area contributed by atoms with E-state index in [1.807, 2.05) is 30.3 Å². The molecule has 4 heteroatoms. The van der Waals surface area contributed by atoms with Crippen LogP contribution in [0.1, 0.15) is 0 Å². The lowest BCUT2D eigenvalue weighted by atomic mass is 10.3. The molecule has 0 fully saturated rings. The minimum absolute atomic E-state index is 0.425. The van der Waals surface area contributed by atoms with E-state index in [9.17, 15) is 0 Å². The van der Waals surface area contributed by atoms with Crippen molar-refractivity contribution in [2.75, 3.05) is 7.11 Å². The fourth-order valence-corrected chi connectivity index (χ4v) is 1.14. The largest absolute Gasteiger partial charge is 0.478 e. The van der Waals surface area contributed by atoms with Crippen molar-refractivity contribution in [3.05, 3.63) is 42.9 Å². The summed E-state index contributed by atoms with van der Waals surface area (Å²) in [5, 5.41) is 0. The average Bonchev–Trinajstić information content (AvgIpc) is 2.31. The first-order valence-electron chi connectivity index (χ1n) is 4.47. The molecular weight excluding hydrogens is 192 g/mol. The minimum Gasteiger partial charge on any atom is -0.478 e. The molecule has 0 saturated heterocycles. The molecule has 0 aliphatic heterocycles. The summed E-state index contributed by atoms with van der Waals surface area (Å²) in [5.41, 5.74) is 0. The van der Waals surface area contributed by atoms with Crippen LogP contribution < -0.4 is 9.47 Å². The van der Waals surface area contributed by atoms with Gasteiger partial charge in [-0.2, -0.15) is 4.98 Å². The number of aromatic nitrogens is 2. The van der Waals surface area contributed by atoms with E-state index < -0.39 is 0 Å². The third-order valence-electron chi connectivity index (χ3n) is 1.81. The Kier molecular flexibility index (Phi) is 2.78. The van der Waals surface area contributed by atoms with Crippen molar-refractivity contribution in [1.82, 2.24) is 9.97 Å². The SMILES string of the molecule is COc1ncncc1Oc1ccccc1. The molecule has 0 amide bonds. The average molecular weight is 202 g/mol. The first-order valence-corrected chi connectivity index (χ1v) is 4.47. The molecule has 0 bridgehead atoms. The number of hydrogen-bond acceptors (Lipinski definition) is 4. The van der Waals surface area contributed by atoms with Crippen molar-refractivity contribution in [3.63, 3.8) is 0 Å². The van der Waals surface area contributed by atoms with Crippen LogP contribution in [0.15, 0.2) is 42.9 Å². The first-order chi connectivity index (χ1) is 7.40. The van der Waals surface area contributed by atoms with Crippen LogP contribution in [0.4, 0.5) is 0 Å². The first kappa shape index (κ1) is 9.45. The maximum atomic E-state index is 5.55. The summed E-state index contributed by atoms with van der Waals surface area (Å²) >= 11 is 0. The number of rotatable bonds is 3. The van der Waals surface area contributed by atoms with Gasteiger partial charge in [0.25, 0.3) is 5.88 Å². The van der Waals surface area contributed by atoms with E-state index in [0.29, 0.717) is 11.6 Å². The summed E-state index contributed by atoms with van der Waals surface area (Å²) < 4.78 is 10.6. The van der Waals surface area contributed by atoms with Gasteiger partial charge in [-0.25, -0.2) is 4.98 Å². The van der Waals surface area contributed by atoms with Crippen LogP contribution in [-0.4, -0.2) is 17.1 Å². The number of methoxy groups -OCH3 is 1. The van der Waals surface area contributed by atoms with E-state index in [0.717, 1.165) is 5.75 Å². The second kappa shape index (κ2) is 4.41. The molecule has 76 valence electrons. The van der Waals surface area contributed by atoms with Crippen molar-refractivity contribution in [2.45, 2.75) is 0 Å². The standard InChI is InChI=1S/C11H10N2O2/c1-14-11-10(7-12-8-13-11)15-9-5-3-2-4-6-9/h2-8H,1H3. The Bertz CT molecular complexity index is 432. The molecule has 2 aromatic rings. The predicted octanol–water partition coefficient (Wildman–Crippen LogP) is 2.28. The molecular formula is C11H10N2O2. The van der Waals surface area contributed by atoms with E-state index in [2.05, 4.69) is 9.97 Å². The van der Waals surface area contributed by atoms with Crippen LogP contribution in [0.5, 0.6) is 17.4 Å². The fourth-order valence-electron chi connectivity index (χ4n) is 1.14. The summed E-state index contributed by atoms with van der Waals surface area (Å²) in [7, 11) is 1.54. The maximum absolute atomic E-state index is 5.55. The molecule has 0 unspecified atom stereocenters. The van der Waals surface area contributed by atoms with Gasteiger partial charge >= 0.3 is 0 Å².